The van der Waals surface area contributed by atoms with Crippen LogP contribution in [-0.2, 0) is 9.53 Å². The molecule has 0 aliphatic carbocycles. The Morgan fingerprint density at radius 3 is 2.85 bits per heavy atom. The molecule has 2 fully saturated rings. The first kappa shape index (κ1) is 13.9. The number of nitrogens with zero attached hydrogens (tertiary/aromatic N) is 1. The van der Waals surface area contributed by atoms with Crippen LogP contribution in [0, 0.1) is 0 Å². The maximum atomic E-state index is 12.4. The fraction of sp³-hybridized carbons (Fsp3) is 0.533. The topological polar surface area (TPSA) is 41.6 Å². The molecular formula is C15H19ClN2O2. The summed E-state index contributed by atoms with van der Waals surface area (Å²) in [6.45, 7) is 2.84. The minimum Gasteiger partial charge on any atom is -0.370 e. The molecule has 1 unspecified atom stereocenters. The molecule has 0 aromatic heterocycles. The van der Waals surface area contributed by atoms with Gasteiger partial charge in [-0.05, 0) is 37.1 Å². The van der Waals surface area contributed by atoms with Gasteiger partial charge in [0.2, 0.25) is 5.91 Å². The Hall–Kier alpha value is -1.10. The third-order valence-electron chi connectivity index (χ3n) is 3.98. The average molecular weight is 295 g/mol. The normalized spacial score (nSPS) is 26.8. The lowest BCUT2D eigenvalue weighted by atomic mass is 10.1. The van der Waals surface area contributed by atoms with Gasteiger partial charge >= 0.3 is 0 Å². The van der Waals surface area contributed by atoms with Crippen LogP contribution in [0.4, 0.5) is 0 Å². The first-order chi connectivity index (χ1) is 9.74. The van der Waals surface area contributed by atoms with Gasteiger partial charge in [-0.1, -0.05) is 23.7 Å². The van der Waals surface area contributed by atoms with E-state index in [-0.39, 0.29) is 18.1 Å². The highest BCUT2D eigenvalue weighted by atomic mass is 35.5. The number of morpholine rings is 1. The van der Waals surface area contributed by atoms with Crippen molar-refractivity contribution in [1.29, 1.82) is 0 Å². The van der Waals surface area contributed by atoms with E-state index in [0.717, 1.165) is 24.9 Å². The number of carbonyl (C=O) groups excluding carboxylic acids is 1. The number of halogens is 1. The van der Waals surface area contributed by atoms with Crippen molar-refractivity contribution in [1.82, 2.24) is 10.2 Å². The molecule has 2 heterocycles. The number of ether oxygens (including phenoxy) is 1. The number of benzene rings is 1. The Morgan fingerprint density at radius 1 is 1.35 bits per heavy atom. The van der Waals surface area contributed by atoms with E-state index < -0.39 is 0 Å². The van der Waals surface area contributed by atoms with E-state index in [1.54, 1.807) is 0 Å². The molecule has 2 atom stereocenters. The van der Waals surface area contributed by atoms with Crippen molar-refractivity contribution in [2.45, 2.75) is 25.0 Å². The highest BCUT2D eigenvalue weighted by Gasteiger charge is 2.31. The fourth-order valence-electron chi connectivity index (χ4n) is 2.84. The van der Waals surface area contributed by atoms with Gasteiger partial charge < -0.3 is 15.0 Å². The van der Waals surface area contributed by atoms with E-state index >= 15 is 0 Å². The third kappa shape index (κ3) is 2.97. The maximum Gasteiger partial charge on any atom is 0.239 e. The van der Waals surface area contributed by atoms with E-state index in [0.29, 0.717) is 24.7 Å². The predicted molar refractivity (Wildman–Crippen MR) is 77.7 cm³/mol. The molecule has 1 amide bonds. The van der Waals surface area contributed by atoms with Gasteiger partial charge in [-0.25, -0.2) is 0 Å². The average Bonchev–Trinajstić information content (AvgIpc) is 3.01. The van der Waals surface area contributed by atoms with Crippen molar-refractivity contribution in [3.63, 3.8) is 0 Å². The van der Waals surface area contributed by atoms with E-state index in [4.69, 9.17) is 16.3 Å². The van der Waals surface area contributed by atoms with Crippen LogP contribution in [0.3, 0.4) is 0 Å². The van der Waals surface area contributed by atoms with Crippen molar-refractivity contribution >= 4 is 17.5 Å². The van der Waals surface area contributed by atoms with Crippen LogP contribution in [0.1, 0.15) is 24.5 Å². The Morgan fingerprint density at radius 2 is 2.15 bits per heavy atom. The molecule has 1 aromatic carbocycles. The SMILES string of the molecule is O=C([C@H]1CCCN1)N1CCOC(c2ccc(Cl)cc2)C1. The number of rotatable bonds is 2. The Balaban J connectivity index is 1.66. The zero-order chi connectivity index (χ0) is 13.9. The van der Waals surface area contributed by atoms with Gasteiger partial charge in [-0.3, -0.25) is 4.79 Å². The molecule has 0 saturated carbocycles. The summed E-state index contributed by atoms with van der Waals surface area (Å²) >= 11 is 5.90. The summed E-state index contributed by atoms with van der Waals surface area (Å²) < 4.78 is 5.79. The summed E-state index contributed by atoms with van der Waals surface area (Å²) in [5.41, 5.74) is 1.08. The molecule has 4 nitrogen and oxygen atoms in total. The van der Waals surface area contributed by atoms with Crippen molar-refractivity contribution in [2.75, 3.05) is 26.2 Å². The van der Waals surface area contributed by atoms with Crippen LogP contribution in [0.2, 0.25) is 5.02 Å². The first-order valence-corrected chi connectivity index (χ1v) is 7.51. The third-order valence-corrected chi connectivity index (χ3v) is 4.23. The van der Waals surface area contributed by atoms with E-state index in [1.807, 2.05) is 29.2 Å². The zero-order valence-electron chi connectivity index (χ0n) is 11.3. The van der Waals surface area contributed by atoms with Gasteiger partial charge in [0, 0.05) is 11.6 Å². The minimum absolute atomic E-state index is 0.000956. The molecule has 0 bridgehead atoms. The summed E-state index contributed by atoms with van der Waals surface area (Å²) in [5, 5.41) is 3.98. The lowest BCUT2D eigenvalue weighted by Crippen LogP contribution is -2.49. The summed E-state index contributed by atoms with van der Waals surface area (Å²) in [6.07, 6.45) is 1.98. The highest BCUT2D eigenvalue weighted by molar-refractivity contribution is 6.30. The smallest absolute Gasteiger partial charge is 0.239 e. The van der Waals surface area contributed by atoms with Crippen LogP contribution < -0.4 is 5.32 Å². The van der Waals surface area contributed by atoms with Crippen molar-refractivity contribution < 1.29 is 9.53 Å². The van der Waals surface area contributed by atoms with Gasteiger partial charge in [0.05, 0.1) is 19.2 Å². The number of hydrogen-bond donors (Lipinski definition) is 1. The quantitative estimate of drug-likeness (QED) is 0.907. The maximum absolute atomic E-state index is 12.4. The predicted octanol–water partition coefficient (Wildman–Crippen LogP) is 1.99. The van der Waals surface area contributed by atoms with Crippen LogP contribution in [0.5, 0.6) is 0 Å². The summed E-state index contributed by atoms with van der Waals surface area (Å²) in [7, 11) is 0. The standard InChI is InChI=1S/C15H19ClN2O2/c16-12-5-3-11(4-6-12)14-10-18(8-9-20-14)15(19)13-2-1-7-17-13/h3-6,13-14,17H,1-2,7-10H2/t13-,14?/m1/s1. The van der Waals surface area contributed by atoms with Crippen LogP contribution in [0.15, 0.2) is 24.3 Å². The largest absolute Gasteiger partial charge is 0.370 e. The Labute approximate surface area is 124 Å². The lowest BCUT2D eigenvalue weighted by molar-refractivity contribution is -0.140. The van der Waals surface area contributed by atoms with Gasteiger partial charge in [0.25, 0.3) is 0 Å². The molecule has 20 heavy (non-hydrogen) atoms. The molecule has 2 saturated heterocycles. The number of nitrogens with one attached hydrogen (secondary N) is 1. The number of carbonyl (C=O) groups is 1. The van der Waals surface area contributed by atoms with Crippen molar-refractivity contribution in [2.24, 2.45) is 0 Å². The molecule has 0 spiro atoms. The number of hydrogen-bond acceptors (Lipinski definition) is 3. The lowest BCUT2D eigenvalue weighted by Gasteiger charge is -2.34. The van der Waals surface area contributed by atoms with Crippen molar-refractivity contribution in [3.05, 3.63) is 34.9 Å². The second kappa shape index (κ2) is 6.12. The minimum atomic E-state index is -0.0497. The molecular weight excluding hydrogens is 276 g/mol. The summed E-state index contributed by atoms with van der Waals surface area (Å²) in [6, 6.07) is 7.65. The molecule has 2 aliphatic heterocycles. The molecule has 5 heteroatoms. The van der Waals surface area contributed by atoms with Gasteiger partial charge in [-0.2, -0.15) is 0 Å². The second-order valence-electron chi connectivity index (χ2n) is 5.34. The van der Waals surface area contributed by atoms with E-state index in [1.165, 1.54) is 0 Å². The second-order valence-corrected chi connectivity index (χ2v) is 5.78. The summed E-state index contributed by atoms with van der Waals surface area (Å²) in [4.78, 5) is 14.3. The molecule has 2 aliphatic rings. The first-order valence-electron chi connectivity index (χ1n) is 7.13. The molecule has 1 aromatic rings. The van der Waals surface area contributed by atoms with E-state index in [9.17, 15) is 4.79 Å². The number of amides is 1. The molecule has 3 rings (SSSR count). The van der Waals surface area contributed by atoms with Crippen LogP contribution in [-0.4, -0.2) is 43.1 Å². The summed E-state index contributed by atoms with van der Waals surface area (Å²) in [5.74, 6) is 0.213. The van der Waals surface area contributed by atoms with Crippen molar-refractivity contribution in [3.8, 4) is 0 Å². The fourth-order valence-corrected chi connectivity index (χ4v) is 2.97. The Bertz CT molecular complexity index is 471. The molecule has 108 valence electrons. The molecule has 0 radical (unpaired) electrons. The molecule has 1 N–H and O–H groups in total. The van der Waals surface area contributed by atoms with Crippen LogP contribution >= 0.6 is 11.6 Å². The monoisotopic (exact) mass is 294 g/mol. The Kier molecular flexibility index (Phi) is 4.24. The van der Waals surface area contributed by atoms with E-state index in [2.05, 4.69) is 5.32 Å². The van der Waals surface area contributed by atoms with Crippen LogP contribution in [0.25, 0.3) is 0 Å². The highest BCUT2D eigenvalue weighted by Crippen LogP contribution is 2.24. The van der Waals surface area contributed by atoms with Gasteiger partial charge in [-0.15, -0.1) is 0 Å². The zero-order valence-corrected chi connectivity index (χ0v) is 12.1. The van der Waals surface area contributed by atoms with Gasteiger partial charge in [0.15, 0.2) is 0 Å². The van der Waals surface area contributed by atoms with Gasteiger partial charge in [0.1, 0.15) is 6.10 Å².